The van der Waals surface area contributed by atoms with Crippen LogP contribution >= 0.6 is 0 Å². The van der Waals surface area contributed by atoms with Crippen LogP contribution in [-0.4, -0.2) is 37.6 Å². The Morgan fingerprint density at radius 3 is 2.39 bits per heavy atom. The Labute approximate surface area is 114 Å². The maximum absolute atomic E-state index is 3.58. The summed E-state index contributed by atoms with van der Waals surface area (Å²) in [6.45, 7) is 6.19. The van der Waals surface area contributed by atoms with Gasteiger partial charge in [0.1, 0.15) is 0 Å². The van der Waals surface area contributed by atoms with Crippen LogP contribution < -0.4 is 5.32 Å². The van der Waals surface area contributed by atoms with Gasteiger partial charge in [-0.1, -0.05) is 26.7 Å². The van der Waals surface area contributed by atoms with Crippen molar-refractivity contribution in [3.63, 3.8) is 0 Å². The lowest BCUT2D eigenvalue weighted by Crippen LogP contribution is -2.55. The van der Waals surface area contributed by atoms with E-state index in [9.17, 15) is 0 Å². The molecule has 0 aromatic heterocycles. The van der Waals surface area contributed by atoms with E-state index in [2.05, 4.69) is 38.2 Å². The van der Waals surface area contributed by atoms with Crippen molar-refractivity contribution in [2.24, 2.45) is 17.8 Å². The quantitative estimate of drug-likeness (QED) is 0.827. The molecule has 0 heterocycles. The molecule has 2 rings (SSSR count). The van der Waals surface area contributed by atoms with E-state index in [1.165, 1.54) is 45.1 Å². The van der Waals surface area contributed by atoms with Crippen molar-refractivity contribution in [2.45, 2.75) is 64.5 Å². The zero-order valence-electron chi connectivity index (χ0n) is 12.8. The van der Waals surface area contributed by atoms with Gasteiger partial charge in [0, 0.05) is 18.6 Å². The molecule has 0 aromatic carbocycles. The molecule has 18 heavy (non-hydrogen) atoms. The van der Waals surface area contributed by atoms with Crippen molar-refractivity contribution in [2.75, 3.05) is 20.6 Å². The van der Waals surface area contributed by atoms with Crippen molar-refractivity contribution >= 4 is 0 Å². The Morgan fingerprint density at radius 2 is 1.78 bits per heavy atom. The fourth-order valence-corrected chi connectivity index (χ4v) is 4.59. The minimum absolute atomic E-state index is 0.690. The largest absolute Gasteiger partial charge is 0.315 e. The zero-order chi connectivity index (χ0) is 13.1. The third kappa shape index (κ3) is 3.27. The lowest BCUT2D eigenvalue weighted by atomic mass is 9.76. The molecule has 0 radical (unpaired) electrons. The minimum atomic E-state index is 0.690. The second-order valence-corrected chi connectivity index (χ2v) is 7.03. The molecule has 0 saturated heterocycles. The first-order chi connectivity index (χ1) is 8.61. The molecule has 0 aliphatic heterocycles. The number of rotatable bonds is 4. The third-order valence-electron chi connectivity index (χ3n) is 5.33. The highest BCUT2D eigenvalue weighted by molar-refractivity contribution is 4.93. The van der Waals surface area contributed by atoms with Gasteiger partial charge in [-0.25, -0.2) is 0 Å². The van der Waals surface area contributed by atoms with Gasteiger partial charge in [-0.3, -0.25) is 0 Å². The predicted octanol–water partition coefficient (Wildman–Crippen LogP) is 3.13. The molecule has 2 heteroatoms. The third-order valence-corrected chi connectivity index (χ3v) is 5.33. The molecule has 4 atom stereocenters. The average molecular weight is 252 g/mol. The Hall–Kier alpha value is -0.0800. The van der Waals surface area contributed by atoms with Gasteiger partial charge in [-0.05, 0) is 57.5 Å². The van der Waals surface area contributed by atoms with Gasteiger partial charge in [-0.15, -0.1) is 0 Å². The lowest BCUT2D eigenvalue weighted by Gasteiger charge is -2.45. The average Bonchev–Trinajstić information content (AvgIpc) is 2.80. The van der Waals surface area contributed by atoms with E-state index < -0.39 is 0 Å². The second-order valence-electron chi connectivity index (χ2n) is 7.03. The topological polar surface area (TPSA) is 15.3 Å². The molecular weight excluding hydrogens is 220 g/mol. The molecule has 4 unspecified atom stereocenters. The van der Waals surface area contributed by atoms with Gasteiger partial charge in [0.05, 0.1) is 0 Å². The molecule has 0 bridgehead atoms. The molecule has 2 fully saturated rings. The fraction of sp³-hybridized carbons (Fsp3) is 1.00. The van der Waals surface area contributed by atoms with Crippen molar-refractivity contribution in [3.05, 3.63) is 0 Å². The summed E-state index contributed by atoms with van der Waals surface area (Å²) >= 11 is 0. The van der Waals surface area contributed by atoms with Crippen molar-refractivity contribution in [1.29, 1.82) is 0 Å². The summed E-state index contributed by atoms with van der Waals surface area (Å²) in [6, 6.07) is 1.43. The van der Waals surface area contributed by atoms with Crippen LogP contribution in [0.3, 0.4) is 0 Å². The van der Waals surface area contributed by atoms with Crippen molar-refractivity contribution < 1.29 is 0 Å². The number of hydrogen-bond donors (Lipinski definition) is 1. The summed E-state index contributed by atoms with van der Waals surface area (Å²) in [4.78, 5) is 2.67. The summed E-state index contributed by atoms with van der Waals surface area (Å²) in [7, 11) is 4.51. The fourth-order valence-electron chi connectivity index (χ4n) is 4.59. The molecule has 0 amide bonds. The summed E-state index contributed by atoms with van der Waals surface area (Å²) in [5.41, 5.74) is 0. The van der Waals surface area contributed by atoms with Crippen LogP contribution in [0.4, 0.5) is 0 Å². The van der Waals surface area contributed by atoms with Gasteiger partial charge in [0.15, 0.2) is 0 Å². The molecule has 1 N–H and O–H groups in total. The number of nitrogens with one attached hydrogen (secondary N) is 1. The predicted molar refractivity (Wildman–Crippen MR) is 78.8 cm³/mol. The van der Waals surface area contributed by atoms with Gasteiger partial charge in [-0.2, -0.15) is 0 Å². The molecule has 2 saturated carbocycles. The van der Waals surface area contributed by atoms with E-state index >= 15 is 0 Å². The first-order valence-corrected chi connectivity index (χ1v) is 7.99. The van der Waals surface area contributed by atoms with Crippen LogP contribution in [0, 0.1) is 17.8 Å². The number of likely N-dealkylation sites (N-methyl/N-ethyl adjacent to an activating group) is 2. The van der Waals surface area contributed by atoms with E-state index in [1.54, 1.807) is 0 Å². The minimum Gasteiger partial charge on any atom is -0.315 e. The van der Waals surface area contributed by atoms with Crippen LogP contribution in [0.1, 0.15) is 52.4 Å². The standard InChI is InChI=1S/C16H32N2/c1-12-9-13(2)16(15(10-12)17-3)18(4)11-14-7-5-6-8-14/h12-17H,5-11H2,1-4H3. The molecule has 0 spiro atoms. The number of nitrogens with zero attached hydrogens (tertiary/aromatic N) is 1. The van der Waals surface area contributed by atoms with Gasteiger partial charge in [0.2, 0.25) is 0 Å². The smallest absolute Gasteiger partial charge is 0.0272 e. The molecule has 2 aliphatic carbocycles. The van der Waals surface area contributed by atoms with E-state index in [-0.39, 0.29) is 0 Å². The highest BCUT2D eigenvalue weighted by Crippen LogP contribution is 2.33. The molecule has 106 valence electrons. The summed E-state index contributed by atoms with van der Waals surface area (Å²) in [5, 5.41) is 3.58. The van der Waals surface area contributed by atoms with E-state index in [1.807, 2.05) is 0 Å². The Kier molecular flexibility index (Phi) is 5.08. The van der Waals surface area contributed by atoms with Crippen LogP contribution in [0.15, 0.2) is 0 Å². The first-order valence-electron chi connectivity index (χ1n) is 7.99. The zero-order valence-corrected chi connectivity index (χ0v) is 12.8. The highest BCUT2D eigenvalue weighted by Gasteiger charge is 2.36. The first kappa shape index (κ1) is 14.3. The van der Waals surface area contributed by atoms with Crippen LogP contribution in [0.2, 0.25) is 0 Å². The summed E-state index contributed by atoms with van der Waals surface area (Å²) in [5.74, 6) is 2.69. The SMILES string of the molecule is CNC1CC(C)CC(C)C1N(C)CC1CCCC1. The maximum Gasteiger partial charge on any atom is 0.0272 e. The Bertz CT molecular complexity index is 247. The number of hydrogen-bond acceptors (Lipinski definition) is 2. The summed E-state index contributed by atoms with van der Waals surface area (Å²) < 4.78 is 0. The Morgan fingerprint density at radius 1 is 1.11 bits per heavy atom. The molecular formula is C16H32N2. The van der Waals surface area contributed by atoms with Crippen molar-refractivity contribution in [3.8, 4) is 0 Å². The molecule has 2 nitrogen and oxygen atoms in total. The Balaban J connectivity index is 1.94. The normalized spacial score (nSPS) is 38.5. The molecule has 2 aliphatic rings. The molecule has 0 aromatic rings. The van der Waals surface area contributed by atoms with Gasteiger partial charge < -0.3 is 10.2 Å². The van der Waals surface area contributed by atoms with Crippen molar-refractivity contribution in [1.82, 2.24) is 10.2 Å². The highest BCUT2D eigenvalue weighted by atomic mass is 15.2. The second kappa shape index (κ2) is 6.38. The lowest BCUT2D eigenvalue weighted by molar-refractivity contribution is 0.0727. The van der Waals surface area contributed by atoms with E-state index in [4.69, 9.17) is 0 Å². The maximum atomic E-state index is 3.58. The van der Waals surface area contributed by atoms with Crippen LogP contribution in [-0.2, 0) is 0 Å². The monoisotopic (exact) mass is 252 g/mol. The van der Waals surface area contributed by atoms with E-state index in [0.717, 1.165) is 23.8 Å². The van der Waals surface area contributed by atoms with E-state index in [0.29, 0.717) is 6.04 Å². The van der Waals surface area contributed by atoms with Crippen LogP contribution in [0.5, 0.6) is 0 Å². The van der Waals surface area contributed by atoms with Crippen LogP contribution in [0.25, 0.3) is 0 Å². The van der Waals surface area contributed by atoms with Gasteiger partial charge in [0.25, 0.3) is 0 Å². The summed E-state index contributed by atoms with van der Waals surface area (Å²) in [6.07, 6.45) is 8.60. The van der Waals surface area contributed by atoms with Gasteiger partial charge >= 0.3 is 0 Å².